The fourth-order valence-corrected chi connectivity index (χ4v) is 2.30. The number of para-hydroxylation sites is 1. The lowest BCUT2D eigenvalue weighted by Crippen LogP contribution is -2.40. The maximum atomic E-state index is 12.6. The summed E-state index contributed by atoms with van der Waals surface area (Å²) in [4.78, 5) is 16.0. The van der Waals surface area contributed by atoms with Crippen molar-refractivity contribution in [3.63, 3.8) is 0 Å². The van der Waals surface area contributed by atoms with Crippen LogP contribution in [0.15, 0.2) is 24.3 Å². The number of H-pyrrole nitrogens is 1. The van der Waals surface area contributed by atoms with Gasteiger partial charge in [-0.2, -0.15) is 13.2 Å². The van der Waals surface area contributed by atoms with E-state index in [1.807, 2.05) is 0 Å². The van der Waals surface area contributed by atoms with Crippen LogP contribution in [-0.4, -0.2) is 46.8 Å². The van der Waals surface area contributed by atoms with Gasteiger partial charge in [0.25, 0.3) is 5.91 Å². The Balaban J connectivity index is 2.41. The van der Waals surface area contributed by atoms with Crippen LogP contribution in [0, 0.1) is 6.92 Å². The zero-order valence-electron chi connectivity index (χ0n) is 11.4. The first-order chi connectivity index (χ1) is 9.83. The highest BCUT2D eigenvalue weighted by Crippen LogP contribution is 2.25. The highest BCUT2D eigenvalue weighted by atomic mass is 19.4. The van der Waals surface area contributed by atoms with Crippen molar-refractivity contribution < 1.29 is 23.1 Å². The number of aryl methyl sites for hydroxylation is 1. The molecule has 0 fully saturated rings. The summed E-state index contributed by atoms with van der Waals surface area (Å²) < 4.78 is 37.7. The second kappa shape index (κ2) is 5.77. The molecule has 0 saturated heterocycles. The molecule has 2 rings (SSSR count). The first-order valence-corrected chi connectivity index (χ1v) is 6.37. The summed E-state index contributed by atoms with van der Waals surface area (Å²) in [5.41, 5.74) is 1.41. The molecule has 114 valence electrons. The third-order valence-electron chi connectivity index (χ3n) is 3.13. The minimum Gasteiger partial charge on any atom is -0.395 e. The van der Waals surface area contributed by atoms with E-state index in [-0.39, 0.29) is 12.1 Å². The number of nitrogens with zero attached hydrogens (tertiary/aromatic N) is 1. The van der Waals surface area contributed by atoms with Crippen LogP contribution in [0.3, 0.4) is 0 Å². The van der Waals surface area contributed by atoms with Crippen LogP contribution in [0.25, 0.3) is 10.9 Å². The van der Waals surface area contributed by atoms with Crippen LogP contribution in [0.5, 0.6) is 0 Å². The minimum atomic E-state index is -4.51. The van der Waals surface area contributed by atoms with Crippen molar-refractivity contribution in [3.05, 3.63) is 35.5 Å². The Kier molecular flexibility index (Phi) is 4.22. The number of amides is 1. The molecule has 0 aliphatic rings. The van der Waals surface area contributed by atoms with Crippen LogP contribution < -0.4 is 0 Å². The maximum Gasteiger partial charge on any atom is 0.406 e. The van der Waals surface area contributed by atoms with E-state index in [4.69, 9.17) is 5.11 Å². The Morgan fingerprint density at radius 1 is 1.33 bits per heavy atom. The van der Waals surface area contributed by atoms with E-state index in [2.05, 4.69) is 4.98 Å². The molecule has 1 heterocycles. The van der Waals surface area contributed by atoms with Gasteiger partial charge in [0, 0.05) is 23.1 Å². The number of hydrogen-bond acceptors (Lipinski definition) is 2. The van der Waals surface area contributed by atoms with Gasteiger partial charge in [0.05, 0.1) is 12.2 Å². The molecule has 0 spiro atoms. The number of benzene rings is 1. The molecular formula is C14H15F3N2O2. The molecule has 1 aromatic heterocycles. The SMILES string of the molecule is Cc1[nH]c2ccccc2c1C(=O)N(CCO)CC(F)(F)F. The van der Waals surface area contributed by atoms with E-state index in [0.717, 1.165) is 0 Å². The molecule has 0 aliphatic carbocycles. The highest BCUT2D eigenvalue weighted by molar-refractivity contribution is 6.08. The number of nitrogens with one attached hydrogen (secondary N) is 1. The van der Waals surface area contributed by atoms with Crippen molar-refractivity contribution in [3.8, 4) is 0 Å². The lowest BCUT2D eigenvalue weighted by Gasteiger charge is -2.23. The number of aliphatic hydroxyl groups is 1. The zero-order valence-corrected chi connectivity index (χ0v) is 11.4. The van der Waals surface area contributed by atoms with Crippen molar-refractivity contribution in [2.24, 2.45) is 0 Å². The third kappa shape index (κ3) is 3.36. The standard InChI is InChI=1S/C14H15F3N2O2/c1-9-12(10-4-2-3-5-11(10)18-9)13(21)19(6-7-20)8-14(15,16)17/h2-5,18,20H,6-8H2,1H3. The number of aromatic nitrogens is 1. The second-order valence-electron chi connectivity index (χ2n) is 4.74. The molecule has 21 heavy (non-hydrogen) atoms. The van der Waals surface area contributed by atoms with Gasteiger partial charge < -0.3 is 15.0 Å². The summed E-state index contributed by atoms with van der Waals surface area (Å²) in [5, 5.41) is 9.47. The zero-order chi connectivity index (χ0) is 15.6. The van der Waals surface area contributed by atoms with E-state index >= 15 is 0 Å². The normalized spacial score (nSPS) is 11.9. The van der Waals surface area contributed by atoms with Crippen molar-refractivity contribution in [2.45, 2.75) is 13.1 Å². The fourth-order valence-electron chi connectivity index (χ4n) is 2.30. The van der Waals surface area contributed by atoms with Gasteiger partial charge in [-0.1, -0.05) is 18.2 Å². The quantitative estimate of drug-likeness (QED) is 0.911. The lowest BCUT2D eigenvalue weighted by molar-refractivity contribution is -0.141. The molecule has 1 aromatic carbocycles. The number of aliphatic hydroxyl groups excluding tert-OH is 1. The number of aromatic amines is 1. The summed E-state index contributed by atoms with van der Waals surface area (Å²) in [6.45, 7) is -0.635. The molecule has 0 atom stereocenters. The Morgan fingerprint density at radius 3 is 2.62 bits per heavy atom. The average molecular weight is 300 g/mol. The summed E-state index contributed by atoms with van der Waals surface area (Å²) in [7, 11) is 0. The molecule has 2 aromatic rings. The van der Waals surface area contributed by atoms with Crippen molar-refractivity contribution >= 4 is 16.8 Å². The molecule has 0 saturated carbocycles. The number of fused-ring (bicyclic) bond motifs is 1. The molecule has 0 bridgehead atoms. The number of hydrogen-bond donors (Lipinski definition) is 2. The number of carbonyl (C=O) groups is 1. The summed E-state index contributed by atoms with van der Waals surface area (Å²) >= 11 is 0. The first-order valence-electron chi connectivity index (χ1n) is 6.37. The predicted molar refractivity (Wildman–Crippen MR) is 72.1 cm³/mol. The molecule has 7 heteroatoms. The largest absolute Gasteiger partial charge is 0.406 e. The molecule has 2 N–H and O–H groups in total. The average Bonchev–Trinajstić information content (AvgIpc) is 2.71. The van der Waals surface area contributed by atoms with Gasteiger partial charge in [-0.05, 0) is 13.0 Å². The van der Waals surface area contributed by atoms with Gasteiger partial charge in [-0.15, -0.1) is 0 Å². The lowest BCUT2D eigenvalue weighted by atomic mass is 10.1. The van der Waals surface area contributed by atoms with Crippen LogP contribution in [-0.2, 0) is 0 Å². The Hall–Kier alpha value is -2.02. The monoisotopic (exact) mass is 300 g/mol. The van der Waals surface area contributed by atoms with Gasteiger partial charge in [0.1, 0.15) is 6.54 Å². The number of halogens is 3. The van der Waals surface area contributed by atoms with E-state index in [0.29, 0.717) is 21.5 Å². The summed E-state index contributed by atoms with van der Waals surface area (Å²) in [6, 6.07) is 6.91. The number of rotatable bonds is 4. The van der Waals surface area contributed by atoms with Crippen LogP contribution in [0.1, 0.15) is 16.1 Å². The van der Waals surface area contributed by atoms with Crippen molar-refractivity contribution in [1.82, 2.24) is 9.88 Å². The van der Waals surface area contributed by atoms with E-state index < -0.39 is 25.2 Å². The summed E-state index contributed by atoms with van der Waals surface area (Å²) in [5.74, 6) is -0.740. The topological polar surface area (TPSA) is 56.3 Å². The Morgan fingerprint density at radius 2 is 2.00 bits per heavy atom. The Labute approximate surface area is 119 Å². The van der Waals surface area contributed by atoms with Gasteiger partial charge in [-0.25, -0.2) is 0 Å². The molecule has 4 nitrogen and oxygen atoms in total. The molecular weight excluding hydrogens is 285 g/mol. The van der Waals surface area contributed by atoms with Gasteiger partial charge in [0.15, 0.2) is 0 Å². The molecule has 0 unspecified atom stereocenters. The predicted octanol–water partition coefficient (Wildman–Crippen LogP) is 2.47. The Bertz CT molecular complexity index is 649. The van der Waals surface area contributed by atoms with Gasteiger partial charge >= 0.3 is 6.18 Å². The van der Waals surface area contributed by atoms with E-state index in [1.54, 1.807) is 31.2 Å². The van der Waals surface area contributed by atoms with Crippen LogP contribution in [0.4, 0.5) is 13.2 Å². The van der Waals surface area contributed by atoms with Crippen LogP contribution in [0.2, 0.25) is 0 Å². The highest BCUT2D eigenvalue weighted by Gasteiger charge is 2.34. The van der Waals surface area contributed by atoms with E-state index in [9.17, 15) is 18.0 Å². The van der Waals surface area contributed by atoms with Gasteiger partial charge in [-0.3, -0.25) is 4.79 Å². The summed E-state index contributed by atoms with van der Waals surface area (Å²) in [6.07, 6.45) is -4.51. The molecule has 1 amide bonds. The van der Waals surface area contributed by atoms with Gasteiger partial charge in [0.2, 0.25) is 0 Å². The third-order valence-corrected chi connectivity index (χ3v) is 3.13. The van der Waals surface area contributed by atoms with Crippen LogP contribution >= 0.6 is 0 Å². The smallest absolute Gasteiger partial charge is 0.395 e. The van der Waals surface area contributed by atoms with Crippen molar-refractivity contribution in [2.75, 3.05) is 19.7 Å². The minimum absolute atomic E-state index is 0.211. The first kappa shape index (κ1) is 15.4. The van der Waals surface area contributed by atoms with Crippen molar-refractivity contribution in [1.29, 1.82) is 0 Å². The second-order valence-corrected chi connectivity index (χ2v) is 4.74. The molecule has 0 aliphatic heterocycles. The number of alkyl halides is 3. The molecule has 0 radical (unpaired) electrons. The number of carbonyl (C=O) groups excluding carboxylic acids is 1. The van der Waals surface area contributed by atoms with E-state index in [1.165, 1.54) is 0 Å². The fraction of sp³-hybridized carbons (Fsp3) is 0.357. The maximum absolute atomic E-state index is 12.6.